The Morgan fingerprint density at radius 2 is 1.57 bits per heavy atom. The summed E-state index contributed by atoms with van der Waals surface area (Å²) in [6.07, 6.45) is 3.40. The average Bonchev–Trinajstić information content (AvgIpc) is 2.86. The highest BCUT2D eigenvalue weighted by Crippen LogP contribution is 2.33. The Hall–Kier alpha value is -2.13. The molecule has 120 valence electrons. The smallest absolute Gasteiger partial charge is 0.225 e. The first-order valence-electron chi connectivity index (χ1n) is 8.28. The molecule has 0 aliphatic carbocycles. The molecule has 1 aliphatic heterocycles. The van der Waals surface area contributed by atoms with Crippen LogP contribution >= 0.6 is 0 Å². The number of carbonyl (C=O) groups excluding carboxylic acids is 1. The number of hydrogen-bond acceptors (Lipinski definition) is 2. The Kier molecular flexibility index (Phi) is 4.77. The molecule has 3 rings (SSSR count). The van der Waals surface area contributed by atoms with Crippen molar-refractivity contribution >= 4 is 5.91 Å². The van der Waals surface area contributed by atoms with Crippen molar-refractivity contribution in [2.24, 2.45) is 0 Å². The van der Waals surface area contributed by atoms with Crippen molar-refractivity contribution < 1.29 is 9.90 Å². The van der Waals surface area contributed by atoms with Crippen LogP contribution in [0.3, 0.4) is 0 Å². The lowest BCUT2D eigenvalue weighted by Crippen LogP contribution is -2.45. The second kappa shape index (κ2) is 6.97. The molecular weight excluding hydrogens is 286 g/mol. The van der Waals surface area contributed by atoms with Gasteiger partial charge < -0.3 is 10.0 Å². The van der Waals surface area contributed by atoms with Crippen molar-refractivity contribution in [3.8, 4) is 0 Å². The number of aliphatic hydroxyl groups is 1. The number of amides is 1. The predicted octanol–water partition coefficient (Wildman–Crippen LogP) is 3.52. The highest BCUT2D eigenvalue weighted by molar-refractivity contribution is 5.79. The fraction of sp³-hybridized carbons (Fsp3) is 0.350. The van der Waals surface area contributed by atoms with Crippen LogP contribution < -0.4 is 0 Å². The highest BCUT2D eigenvalue weighted by atomic mass is 16.3. The summed E-state index contributed by atoms with van der Waals surface area (Å²) in [5.41, 5.74) is 1.33. The molecule has 0 saturated carbocycles. The van der Waals surface area contributed by atoms with E-state index in [1.165, 1.54) is 5.56 Å². The minimum absolute atomic E-state index is 0.0519. The molecule has 0 radical (unpaired) electrons. The minimum Gasteiger partial charge on any atom is -0.371 e. The number of likely N-dealkylation sites (tertiary alicyclic amines) is 1. The van der Waals surface area contributed by atoms with Gasteiger partial charge in [-0.3, -0.25) is 4.79 Å². The van der Waals surface area contributed by atoms with Crippen molar-refractivity contribution in [1.82, 2.24) is 4.90 Å². The first kappa shape index (κ1) is 15.8. The predicted molar refractivity (Wildman–Crippen MR) is 90.6 cm³/mol. The van der Waals surface area contributed by atoms with Crippen molar-refractivity contribution in [3.63, 3.8) is 0 Å². The molecule has 23 heavy (non-hydrogen) atoms. The van der Waals surface area contributed by atoms with E-state index in [-0.39, 0.29) is 5.91 Å². The van der Waals surface area contributed by atoms with Crippen LogP contribution in [0.15, 0.2) is 60.7 Å². The first-order chi connectivity index (χ1) is 11.2. The quantitative estimate of drug-likeness (QED) is 0.887. The van der Waals surface area contributed by atoms with E-state index in [0.717, 1.165) is 18.4 Å². The molecule has 3 heteroatoms. The van der Waals surface area contributed by atoms with Crippen LogP contribution in [-0.2, 0) is 17.8 Å². The maximum atomic E-state index is 12.2. The van der Waals surface area contributed by atoms with Gasteiger partial charge in [0.25, 0.3) is 0 Å². The summed E-state index contributed by atoms with van der Waals surface area (Å²) in [5, 5.41) is 11.0. The standard InChI is InChI=1S/C20H23NO2/c22-19-13-15-20(23,14-7-12-17-8-3-1-4-9-17)21(19)16-18-10-5-2-6-11-18/h1-6,8-11,23H,7,12-16H2. The molecule has 2 aromatic rings. The zero-order valence-electron chi connectivity index (χ0n) is 13.3. The third-order valence-electron chi connectivity index (χ3n) is 4.61. The summed E-state index contributed by atoms with van der Waals surface area (Å²) in [6, 6.07) is 20.2. The van der Waals surface area contributed by atoms with Gasteiger partial charge in [-0.05, 0) is 30.4 Å². The Morgan fingerprint density at radius 3 is 2.22 bits per heavy atom. The molecule has 1 unspecified atom stereocenters. The number of nitrogens with zero attached hydrogens (tertiary/aromatic N) is 1. The summed E-state index contributed by atoms with van der Waals surface area (Å²) >= 11 is 0. The maximum absolute atomic E-state index is 12.2. The van der Waals surface area contributed by atoms with Gasteiger partial charge >= 0.3 is 0 Å². The van der Waals surface area contributed by atoms with Crippen LogP contribution in [0.25, 0.3) is 0 Å². The number of benzene rings is 2. The van der Waals surface area contributed by atoms with Crippen molar-refractivity contribution in [1.29, 1.82) is 0 Å². The van der Waals surface area contributed by atoms with Crippen LogP contribution in [-0.4, -0.2) is 21.6 Å². The molecule has 3 nitrogen and oxygen atoms in total. The van der Waals surface area contributed by atoms with E-state index in [1.54, 1.807) is 4.90 Å². The Bertz CT molecular complexity index is 641. The lowest BCUT2D eigenvalue weighted by atomic mass is 9.99. The van der Waals surface area contributed by atoms with Gasteiger partial charge in [0, 0.05) is 19.4 Å². The third-order valence-corrected chi connectivity index (χ3v) is 4.61. The van der Waals surface area contributed by atoms with Gasteiger partial charge in [0.2, 0.25) is 5.91 Å². The average molecular weight is 309 g/mol. The molecule has 1 fully saturated rings. The summed E-state index contributed by atoms with van der Waals surface area (Å²) in [4.78, 5) is 13.9. The lowest BCUT2D eigenvalue weighted by Gasteiger charge is -2.34. The molecule has 1 N–H and O–H groups in total. The van der Waals surface area contributed by atoms with Crippen molar-refractivity contribution in [2.45, 2.75) is 44.4 Å². The fourth-order valence-electron chi connectivity index (χ4n) is 3.29. The van der Waals surface area contributed by atoms with E-state index in [9.17, 15) is 9.90 Å². The molecule has 0 spiro atoms. The molecule has 0 bridgehead atoms. The molecule has 1 aliphatic rings. The zero-order valence-corrected chi connectivity index (χ0v) is 13.3. The van der Waals surface area contributed by atoms with E-state index in [2.05, 4.69) is 12.1 Å². The normalized spacial score (nSPS) is 20.9. The molecule has 1 amide bonds. The summed E-state index contributed by atoms with van der Waals surface area (Å²) in [7, 11) is 0. The van der Waals surface area contributed by atoms with Crippen LogP contribution in [0, 0.1) is 0 Å². The van der Waals surface area contributed by atoms with Gasteiger partial charge in [-0.1, -0.05) is 60.7 Å². The Balaban J connectivity index is 1.62. The minimum atomic E-state index is -0.998. The van der Waals surface area contributed by atoms with Crippen LogP contribution in [0.5, 0.6) is 0 Å². The summed E-state index contributed by atoms with van der Waals surface area (Å²) < 4.78 is 0. The van der Waals surface area contributed by atoms with Gasteiger partial charge in [0.15, 0.2) is 0 Å². The Labute approximate surface area is 137 Å². The van der Waals surface area contributed by atoms with Gasteiger partial charge in [0.05, 0.1) is 0 Å². The summed E-state index contributed by atoms with van der Waals surface area (Å²) in [5.74, 6) is 0.0519. The largest absolute Gasteiger partial charge is 0.371 e. The number of aryl methyl sites for hydroxylation is 1. The molecule has 0 aromatic heterocycles. The van der Waals surface area contributed by atoms with Crippen molar-refractivity contribution in [2.75, 3.05) is 0 Å². The molecule has 1 saturated heterocycles. The van der Waals surface area contributed by atoms with Crippen LogP contribution in [0.1, 0.15) is 36.8 Å². The number of rotatable bonds is 6. The van der Waals surface area contributed by atoms with E-state index >= 15 is 0 Å². The first-order valence-corrected chi connectivity index (χ1v) is 8.28. The second-order valence-corrected chi connectivity index (χ2v) is 6.29. The summed E-state index contributed by atoms with van der Waals surface area (Å²) in [6.45, 7) is 0.488. The molecule has 2 aromatic carbocycles. The molecule has 1 heterocycles. The third kappa shape index (κ3) is 3.80. The van der Waals surface area contributed by atoms with Gasteiger partial charge in [-0.2, -0.15) is 0 Å². The van der Waals surface area contributed by atoms with Gasteiger partial charge in [-0.25, -0.2) is 0 Å². The second-order valence-electron chi connectivity index (χ2n) is 6.29. The van der Waals surface area contributed by atoms with E-state index < -0.39 is 5.72 Å². The van der Waals surface area contributed by atoms with Crippen LogP contribution in [0.4, 0.5) is 0 Å². The monoisotopic (exact) mass is 309 g/mol. The lowest BCUT2D eigenvalue weighted by molar-refractivity contribution is -0.148. The van der Waals surface area contributed by atoms with Crippen LogP contribution in [0.2, 0.25) is 0 Å². The zero-order chi connectivity index (χ0) is 16.1. The maximum Gasteiger partial charge on any atom is 0.225 e. The van der Waals surface area contributed by atoms with Gasteiger partial charge in [0.1, 0.15) is 5.72 Å². The SMILES string of the molecule is O=C1CCC(O)(CCCc2ccccc2)N1Cc1ccccc1. The van der Waals surface area contributed by atoms with E-state index in [4.69, 9.17) is 0 Å². The number of carbonyl (C=O) groups is 1. The van der Waals surface area contributed by atoms with Crippen molar-refractivity contribution in [3.05, 3.63) is 71.8 Å². The molecular formula is C20H23NO2. The van der Waals surface area contributed by atoms with Gasteiger partial charge in [-0.15, -0.1) is 0 Å². The highest BCUT2D eigenvalue weighted by Gasteiger charge is 2.42. The van der Waals surface area contributed by atoms with E-state index in [0.29, 0.717) is 25.8 Å². The Morgan fingerprint density at radius 1 is 0.957 bits per heavy atom. The topological polar surface area (TPSA) is 40.5 Å². The van der Waals surface area contributed by atoms with E-state index in [1.807, 2.05) is 48.5 Å². The fourth-order valence-corrected chi connectivity index (χ4v) is 3.29. The number of hydrogen-bond donors (Lipinski definition) is 1. The molecule has 1 atom stereocenters.